The average Bonchev–Trinajstić information content (AvgIpc) is 3.35. The van der Waals surface area contributed by atoms with Gasteiger partial charge in [0, 0.05) is 36.3 Å². The minimum Gasteiger partial charge on any atom is -0.488 e. The molecule has 0 unspecified atom stereocenters. The second kappa shape index (κ2) is 15.8. The van der Waals surface area contributed by atoms with Crippen LogP contribution in [0.4, 0.5) is 18.0 Å². The van der Waals surface area contributed by atoms with Gasteiger partial charge in [0.25, 0.3) is 0 Å². The molecule has 2 aromatic rings. The first-order valence-electron chi connectivity index (χ1n) is 17.8. The van der Waals surface area contributed by atoms with Crippen LogP contribution in [0.25, 0.3) is 10.9 Å². The predicted octanol–water partition coefficient (Wildman–Crippen LogP) is 6.08. The number of ether oxygens (including phenoxy) is 3. The first-order valence-corrected chi connectivity index (χ1v) is 18.1. The number of para-hydroxylation sites is 1. The third-order valence-electron chi connectivity index (χ3n) is 10.1. The van der Waals surface area contributed by atoms with Gasteiger partial charge in [-0.1, -0.05) is 36.2 Å². The fourth-order valence-electron chi connectivity index (χ4n) is 7.28. The van der Waals surface area contributed by atoms with Crippen LogP contribution in [-0.4, -0.2) is 88.0 Å². The summed E-state index contributed by atoms with van der Waals surface area (Å²) in [6.07, 6.45) is 2.65. The van der Waals surface area contributed by atoms with Gasteiger partial charge in [-0.15, -0.1) is 0 Å². The van der Waals surface area contributed by atoms with Gasteiger partial charge >= 0.3 is 18.2 Å². The zero-order chi connectivity index (χ0) is 37.0. The molecule has 1 aromatic carbocycles. The molecule has 1 saturated heterocycles. The number of nitrogens with zero attached hydrogens (tertiary/aromatic N) is 2. The smallest absolute Gasteiger partial charge is 0.407 e. The molecule has 0 bridgehead atoms. The van der Waals surface area contributed by atoms with Gasteiger partial charge in [0.05, 0.1) is 30.1 Å². The molecule has 3 heterocycles. The Labute approximate surface area is 303 Å². The zero-order valence-corrected chi connectivity index (χ0v) is 29.2. The van der Waals surface area contributed by atoms with Crippen LogP contribution in [0, 0.1) is 5.92 Å². The second-order valence-corrected chi connectivity index (χ2v) is 14.4. The monoisotopic (exact) mass is 750 g/mol. The maximum atomic E-state index is 14.1. The van der Waals surface area contributed by atoms with Crippen molar-refractivity contribution < 1.29 is 51.7 Å². The highest BCUT2D eigenvalue weighted by Crippen LogP contribution is 2.45. The van der Waals surface area contributed by atoms with Crippen molar-refractivity contribution in [1.29, 1.82) is 0 Å². The summed E-state index contributed by atoms with van der Waals surface area (Å²) in [4.78, 5) is 58.9. The van der Waals surface area contributed by atoms with Crippen LogP contribution in [0.15, 0.2) is 36.4 Å². The molecule has 52 heavy (non-hydrogen) atoms. The van der Waals surface area contributed by atoms with Crippen LogP contribution in [0.3, 0.4) is 0 Å². The van der Waals surface area contributed by atoms with Crippen molar-refractivity contribution in [2.24, 2.45) is 5.92 Å². The molecule has 2 saturated carbocycles. The maximum Gasteiger partial charge on any atom is 0.407 e. The Kier molecular flexibility index (Phi) is 11.4. The Morgan fingerprint density at radius 1 is 1.12 bits per heavy atom. The molecule has 4 aliphatic rings. The molecule has 282 valence electrons. The topological polar surface area (TPSA) is 156 Å². The number of fused-ring (bicyclic) bond motifs is 3. The number of halogens is 4. The molecule has 6 rings (SSSR count). The third-order valence-corrected chi connectivity index (χ3v) is 10.5. The molecule has 2 aliphatic heterocycles. The number of allylic oxidation sites excluding steroid dienone is 1. The summed E-state index contributed by atoms with van der Waals surface area (Å²) in [6, 6.07) is 4.50. The van der Waals surface area contributed by atoms with Gasteiger partial charge in [-0.2, -0.15) is 13.2 Å². The first-order chi connectivity index (χ1) is 24.8. The molecule has 16 heteroatoms. The summed E-state index contributed by atoms with van der Waals surface area (Å²) >= 11 is 6.39. The van der Waals surface area contributed by atoms with Gasteiger partial charge in [-0.25, -0.2) is 14.6 Å². The minimum absolute atomic E-state index is 0.0236. The number of benzene rings is 1. The van der Waals surface area contributed by atoms with E-state index in [9.17, 15) is 37.5 Å². The lowest BCUT2D eigenvalue weighted by molar-refractivity contribution is -0.145. The molecular weight excluding hydrogens is 709 g/mol. The molecular formula is C36H42ClF3N4O8. The lowest BCUT2D eigenvalue weighted by atomic mass is 10.0. The summed E-state index contributed by atoms with van der Waals surface area (Å²) in [7, 11) is 0. The Morgan fingerprint density at radius 2 is 1.88 bits per heavy atom. The fourth-order valence-corrected chi connectivity index (χ4v) is 7.50. The number of alkyl halides is 3. The van der Waals surface area contributed by atoms with E-state index in [4.69, 9.17) is 25.8 Å². The predicted molar refractivity (Wildman–Crippen MR) is 182 cm³/mol. The number of carbonyl (C=O) groups is 4. The van der Waals surface area contributed by atoms with Crippen LogP contribution in [-0.2, 0) is 19.1 Å². The Hall–Kier alpha value is -4.27. The number of aliphatic carboxylic acids is 1. The summed E-state index contributed by atoms with van der Waals surface area (Å²) in [5.74, 6) is -2.68. The number of carbonyl (C=O) groups excluding carboxylic acids is 3. The number of pyridine rings is 1. The summed E-state index contributed by atoms with van der Waals surface area (Å²) in [6.45, 7) is -0.765. The number of carboxylic acid groups (broad SMARTS) is 1. The number of carboxylic acids is 1. The number of rotatable bonds is 8. The number of amides is 3. The summed E-state index contributed by atoms with van der Waals surface area (Å²) in [5.41, 5.74) is -1.28. The molecule has 3 amide bonds. The maximum absolute atomic E-state index is 14.1. The fraction of sp³-hybridized carbons (Fsp3) is 0.583. The van der Waals surface area contributed by atoms with Crippen LogP contribution < -0.4 is 20.1 Å². The van der Waals surface area contributed by atoms with Crippen molar-refractivity contribution in [3.63, 3.8) is 0 Å². The molecule has 5 atom stereocenters. The normalized spacial score (nSPS) is 27.8. The number of alkyl carbamates (subject to hydrolysis) is 1. The summed E-state index contributed by atoms with van der Waals surface area (Å²) in [5, 5.41) is 16.3. The van der Waals surface area contributed by atoms with E-state index in [-0.39, 0.29) is 54.1 Å². The first kappa shape index (κ1) is 37.5. The van der Waals surface area contributed by atoms with Gasteiger partial charge < -0.3 is 34.9 Å². The van der Waals surface area contributed by atoms with Crippen LogP contribution in [0.1, 0.15) is 77.0 Å². The van der Waals surface area contributed by atoms with E-state index in [2.05, 4.69) is 15.6 Å². The number of hydrogen-bond donors (Lipinski definition) is 3. The Morgan fingerprint density at radius 3 is 2.63 bits per heavy atom. The zero-order valence-electron chi connectivity index (χ0n) is 28.5. The van der Waals surface area contributed by atoms with E-state index < -0.39 is 72.7 Å². The quantitative estimate of drug-likeness (QED) is 0.272. The molecule has 0 spiro atoms. The third kappa shape index (κ3) is 9.02. The average molecular weight is 751 g/mol. The highest BCUT2D eigenvalue weighted by atomic mass is 35.5. The number of aromatic nitrogens is 1. The lowest BCUT2D eigenvalue weighted by Gasteiger charge is -2.27. The van der Waals surface area contributed by atoms with E-state index >= 15 is 0 Å². The van der Waals surface area contributed by atoms with Crippen molar-refractivity contribution in [2.75, 3.05) is 13.2 Å². The molecule has 2 aliphatic carbocycles. The van der Waals surface area contributed by atoms with Crippen LogP contribution in [0.2, 0.25) is 5.02 Å². The van der Waals surface area contributed by atoms with E-state index in [1.54, 1.807) is 24.3 Å². The van der Waals surface area contributed by atoms with Crippen molar-refractivity contribution in [3.8, 4) is 11.6 Å². The second-order valence-electron chi connectivity index (χ2n) is 14.0. The van der Waals surface area contributed by atoms with E-state index in [1.165, 1.54) is 11.0 Å². The van der Waals surface area contributed by atoms with Crippen molar-refractivity contribution in [1.82, 2.24) is 20.5 Å². The van der Waals surface area contributed by atoms with Crippen molar-refractivity contribution in [2.45, 2.75) is 113 Å². The molecule has 1 aromatic heterocycles. The summed E-state index contributed by atoms with van der Waals surface area (Å²) < 4.78 is 55.8. The largest absolute Gasteiger partial charge is 0.488 e. The molecule has 3 fully saturated rings. The van der Waals surface area contributed by atoms with E-state index in [0.29, 0.717) is 24.6 Å². The van der Waals surface area contributed by atoms with Gasteiger partial charge in [0.2, 0.25) is 17.7 Å². The van der Waals surface area contributed by atoms with E-state index in [1.807, 2.05) is 6.08 Å². The highest BCUT2D eigenvalue weighted by molar-refractivity contribution is 6.35. The van der Waals surface area contributed by atoms with Gasteiger partial charge in [0.1, 0.15) is 29.5 Å². The van der Waals surface area contributed by atoms with Gasteiger partial charge in [-0.3, -0.25) is 9.59 Å². The molecule has 0 radical (unpaired) electrons. The van der Waals surface area contributed by atoms with E-state index in [0.717, 1.165) is 32.1 Å². The lowest BCUT2D eigenvalue weighted by Crippen LogP contribution is -2.53. The van der Waals surface area contributed by atoms with Crippen LogP contribution >= 0.6 is 11.6 Å². The molecule has 3 N–H and O–H groups in total. The number of nitrogens with one attached hydrogen (secondary N) is 2. The number of hydrogen-bond acceptors (Lipinski definition) is 8. The molecule has 12 nitrogen and oxygen atoms in total. The van der Waals surface area contributed by atoms with Crippen LogP contribution in [0.5, 0.6) is 11.6 Å². The van der Waals surface area contributed by atoms with Gasteiger partial charge in [-0.05, 0) is 63.5 Å². The minimum atomic E-state index is -4.44. The van der Waals surface area contributed by atoms with Crippen molar-refractivity contribution in [3.05, 3.63) is 41.4 Å². The Balaban J connectivity index is 1.25. The standard InChI is InChI=1S/C36H42ClF3N4O8/c37-26-13-7-12-25-28(18-29(42-31(25)26)50-15-14-36(38,39)40)51-24-17-27-32(46)43-35(33(47)48)19-21(35)8-3-1-2-4-9-22(16-30(45)44(27)20-24)41-34(49)52-23-10-5-6-11-23/h3,7-8,12-13,18,21-24,27H,1-2,4-6,9-11,14-17,19-20H2,(H,41,49)(H,43,46)(H,47,48)/b8-3-/t21-,22+,24-,27+,35-/m1/s1. The SMILES string of the molecule is O=C(N[C@H]1CCCC/C=C\[C@@H]2C[C@@]2(C(=O)O)NC(=O)[C@@H]2C[C@@H](Oc3cc(OCCC(F)(F)F)nc4c(Cl)cccc34)CN2C(=O)C1)OC1CCCC1. The van der Waals surface area contributed by atoms with Gasteiger partial charge in [0.15, 0.2) is 0 Å². The highest BCUT2D eigenvalue weighted by Gasteiger charge is 2.61. The van der Waals surface area contributed by atoms with Crippen molar-refractivity contribution >= 4 is 46.4 Å². The Bertz CT molecular complexity index is 1700.